The summed E-state index contributed by atoms with van der Waals surface area (Å²) in [6.45, 7) is 2.10. The van der Waals surface area contributed by atoms with E-state index in [4.69, 9.17) is 4.99 Å². The van der Waals surface area contributed by atoms with Crippen molar-refractivity contribution in [2.24, 2.45) is 10.1 Å². The van der Waals surface area contributed by atoms with Crippen LogP contribution in [0.3, 0.4) is 0 Å². The van der Waals surface area contributed by atoms with Crippen molar-refractivity contribution >= 4 is 17.1 Å². The topological polar surface area (TPSA) is 93.0 Å². The molecule has 0 spiro atoms. The number of nitrogens with one attached hydrogen (secondary N) is 2. The number of hydrogen-bond acceptors (Lipinski definition) is 5. The van der Waals surface area contributed by atoms with Gasteiger partial charge < -0.3 is 15.2 Å². The summed E-state index contributed by atoms with van der Waals surface area (Å²) in [6.07, 6.45) is 3.49. The van der Waals surface area contributed by atoms with Crippen LogP contribution in [0.1, 0.15) is 42.5 Å². The highest BCUT2D eigenvalue weighted by Crippen LogP contribution is 2.43. The monoisotopic (exact) mass is 372 g/mol. The Morgan fingerprint density at radius 3 is 2.79 bits per heavy atom. The summed E-state index contributed by atoms with van der Waals surface area (Å²) in [4.78, 5) is 8.28. The van der Waals surface area contributed by atoms with Crippen molar-refractivity contribution < 1.29 is 10.2 Å². The predicted molar refractivity (Wildman–Crippen MR) is 108 cm³/mol. The van der Waals surface area contributed by atoms with Gasteiger partial charge in [0.2, 0.25) is 0 Å². The van der Waals surface area contributed by atoms with Gasteiger partial charge in [0.15, 0.2) is 11.5 Å². The average Bonchev–Trinajstić information content (AvgIpc) is 2.97. The Hall–Kier alpha value is -3.54. The number of aromatic amines is 1. The van der Waals surface area contributed by atoms with Gasteiger partial charge in [0.05, 0.1) is 5.36 Å². The highest BCUT2D eigenvalue weighted by Gasteiger charge is 2.29. The molecule has 0 radical (unpaired) electrons. The van der Waals surface area contributed by atoms with Crippen molar-refractivity contribution in [2.75, 3.05) is 5.43 Å². The van der Waals surface area contributed by atoms with Crippen molar-refractivity contribution in [1.29, 1.82) is 0 Å². The highest BCUT2D eigenvalue weighted by atomic mass is 16.3. The molecule has 0 amide bonds. The van der Waals surface area contributed by atoms with Gasteiger partial charge in [-0.15, -0.1) is 0 Å². The van der Waals surface area contributed by atoms with E-state index in [1.165, 1.54) is 11.6 Å². The number of benzene rings is 2. The van der Waals surface area contributed by atoms with E-state index < -0.39 is 6.04 Å². The molecule has 1 aromatic heterocycles. The minimum atomic E-state index is -0.448. The number of phenols is 2. The second-order valence-electron chi connectivity index (χ2n) is 7.06. The van der Waals surface area contributed by atoms with Crippen LogP contribution in [0.15, 0.2) is 58.8 Å². The molecule has 0 saturated heterocycles. The van der Waals surface area contributed by atoms with Crippen LogP contribution in [0.4, 0.5) is 5.82 Å². The van der Waals surface area contributed by atoms with Gasteiger partial charge in [-0.05, 0) is 24.1 Å². The SMILES string of the molecule is CCC1=NNc2[nH]cc3c2C(=c2ccccc2=NC3c2cccc(O)c2O)C1. The lowest BCUT2D eigenvalue weighted by Gasteiger charge is -2.15. The average molecular weight is 372 g/mol. The molecule has 0 fully saturated rings. The lowest BCUT2D eigenvalue weighted by Crippen LogP contribution is -2.27. The van der Waals surface area contributed by atoms with E-state index in [0.29, 0.717) is 5.56 Å². The lowest BCUT2D eigenvalue weighted by atomic mass is 9.91. The summed E-state index contributed by atoms with van der Waals surface area (Å²) < 4.78 is 0. The molecule has 6 heteroatoms. The Labute approximate surface area is 161 Å². The number of aromatic nitrogens is 1. The maximum absolute atomic E-state index is 10.5. The standard InChI is InChI=1S/C22H20N4O2/c1-2-12-10-15-13-6-3-4-8-17(13)24-20(14-7-5-9-18(27)21(14)28)16-11-23-22(19(15)16)26-25-12/h3-9,11,20,23,26-28H,2,10H2,1H3. The summed E-state index contributed by atoms with van der Waals surface area (Å²) in [5.74, 6) is 0.537. The van der Waals surface area contributed by atoms with Crippen molar-refractivity contribution in [2.45, 2.75) is 25.8 Å². The first-order chi connectivity index (χ1) is 13.7. The van der Waals surface area contributed by atoms with Gasteiger partial charge in [0.25, 0.3) is 0 Å². The van der Waals surface area contributed by atoms with E-state index in [9.17, 15) is 10.2 Å². The molecular weight excluding hydrogens is 352 g/mol. The smallest absolute Gasteiger partial charge is 0.163 e. The number of rotatable bonds is 2. The van der Waals surface area contributed by atoms with Crippen molar-refractivity contribution in [3.63, 3.8) is 0 Å². The molecule has 2 aliphatic heterocycles. The van der Waals surface area contributed by atoms with Crippen LogP contribution < -0.4 is 16.0 Å². The summed E-state index contributed by atoms with van der Waals surface area (Å²) in [5, 5.41) is 27.0. The highest BCUT2D eigenvalue weighted by molar-refractivity contribution is 5.98. The van der Waals surface area contributed by atoms with Crippen LogP contribution in [0, 0.1) is 0 Å². The van der Waals surface area contributed by atoms with Gasteiger partial charge >= 0.3 is 0 Å². The van der Waals surface area contributed by atoms with Gasteiger partial charge in [-0.2, -0.15) is 5.10 Å². The second-order valence-corrected chi connectivity index (χ2v) is 7.06. The maximum Gasteiger partial charge on any atom is 0.163 e. The van der Waals surface area contributed by atoms with E-state index in [1.807, 2.05) is 24.4 Å². The molecule has 0 bridgehead atoms. The Kier molecular flexibility index (Phi) is 3.72. The van der Waals surface area contributed by atoms with Crippen LogP contribution in [0.2, 0.25) is 0 Å². The zero-order valence-electron chi connectivity index (χ0n) is 15.4. The number of phenolic OH excluding ortho intramolecular Hbond substituents is 2. The largest absolute Gasteiger partial charge is 0.504 e. The number of H-pyrrole nitrogens is 1. The van der Waals surface area contributed by atoms with E-state index in [-0.39, 0.29) is 11.5 Å². The number of aromatic hydroxyl groups is 2. The van der Waals surface area contributed by atoms with Crippen molar-refractivity contribution in [3.8, 4) is 11.5 Å². The predicted octanol–water partition coefficient (Wildman–Crippen LogP) is 2.93. The fourth-order valence-corrected chi connectivity index (χ4v) is 4.02. The Bertz CT molecular complexity index is 1240. The molecule has 2 aliphatic rings. The third kappa shape index (κ3) is 2.41. The fourth-order valence-electron chi connectivity index (χ4n) is 4.02. The number of hydrogen-bond donors (Lipinski definition) is 4. The van der Waals surface area contributed by atoms with Gasteiger partial charge in [-0.3, -0.25) is 10.4 Å². The van der Waals surface area contributed by atoms with Crippen molar-refractivity contribution in [1.82, 2.24) is 4.98 Å². The lowest BCUT2D eigenvalue weighted by molar-refractivity contribution is 0.397. The third-order valence-corrected chi connectivity index (χ3v) is 5.46. The molecule has 1 atom stereocenters. The van der Waals surface area contributed by atoms with Gasteiger partial charge in [0, 0.05) is 40.2 Å². The van der Waals surface area contributed by atoms with Crippen LogP contribution in [-0.2, 0) is 0 Å². The quantitative estimate of drug-likeness (QED) is 0.521. The molecule has 5 rings (SSSR count). The molecule has 0 saturated carbocycles. The summed E-state index contributed by atoms with van der Waals surface area (Å²) >= 11 is 0. The van der Waals surface area contributed by atoms with Crippen LogP contribution >= 0.6 is 0 Å². The third-order valence-electron chi connectivity index (χ3n) is 5.46. The number of para-hydroxylation sites is 2. The number of fused-ring (bicyclic) bond motifs is 1. The Balaban J connectivity index is 1.86. The first-order valence-electron chi connectivity index (χ1n) is 9.37. The van der Waals surface area contributed by atoms with E-state index >= 15 is 0 Å². The normalized spacial score (nSPS) is 17.4. The minimum Gasteiger partial charge on any atom is -0.504 e. The molecule has 28 heavy (non-hydrogen) atoms. The van der Waals surface area contributed by atoms with E-state index in [2.05, 4.69) is 28.5 Å². The molecule has 4 N–H and O–H groups in total. The summed E-state index contributed by atoms with van der Waals surface area (Å²) in [7, 11) is 0. The molecule has 1 unspecified atom stereocenters. The maximum atomic E-state index is 10.5. The molecule has 6 nitrogen and oxygen atoms in total. The molecule has 140 valence electrons. The number of hydrazone groups is 1. The first-order valence-corrected chi connectivity index (χ1v) is 9.37. The Morgan fingerprint density at radius 2 is 1.93 bits per heavy atom. The van der Waals surface area contributed by atoms with Crippen LogP contribution in [0.25, 0.3) is 5.57 Å². The summed E-state index contributed by atoms with van der Waals surface area (Å²) in [5.41, 5.74) is 7.94. The first kappa shape index (κ1) is 16.6. The van der Waals surface area contributed by atoms with Gasteiger partial charge in [-0.1, -0.05) is 37.3 Å². The van der Waals surface area contributed by atoms with Gasteiger partial charge in [-0.25, -0.2) is 0 Å². The second kappa shape index (κ2) is 6.27. The molecule has 2 aromatic carbocycles. The fraction of sp³-hybridized carbons (Fsp3) is 0.182. The van der Waals surface area contributed by atoms with E-state index in [0.717, 1.165) is 46.1 Å². The van der Waals surface area contributed by atoms with E-state index in [1.54, 1.807) is 12.1 Å². The van der Waals surface area contributed by atoms with Crippen LogP contribution in [0.5, 0.6) is 11.5 Å². The van der Waals surface area contributed by atoms with Gasteiger partial charge in [0.1, 0.15) is 11.9 Å². The van der Waals surface area contributed by atoms with Crippen molar-refractivity contribution in [3.05, 3.63) is 75.9 Å². The zero-order valence-corrected chi connectivity index (χ0v) is 15.4. The number of nitrogens with zero attached hydrogens (tertiary/aromatic N) is 2. The Morgan fingerprint density at radius 1 is 1.07 bits per heavy atom. The molecule has 3 aromatic rings. The number of anilines is 1. The molecule has 3 heterocycles. The zero-order chi connectivity index (χ0) is 19.3. The minimum absolute atomic E-state index is 0.140. The van der Waals surface area contributed by atoms with Crippen LogP contribution in [-0.4, -0.2) is 20.9 Å². The molecule has 0 aliphatic carbocycles. The molecular formula is C22H20N4O2. The summed E-state index contributed by atoms with van der Waals surface area (Å²) in [6, 6.07) is 12.6.